The molecule has 0 aliphatic carbocycles. The van der Waals surface area contributed by atoms with E-state index in [1.165, 1.54) is 0 Å². The van der Waals surface area contributed by atoms with Crippen molar-refractivity contribution < 1.29 is 28.5 Å². The molecule has 3 fully saturated rings. The van der Waals surface area contributed by atoms with Gasteiger partial charge in [-0.3, -0.25) is 0 Å². The molecule has 0 unspecified atom stereocenters. The molecule has 6 nitrogen and oxygen atoms in total. The molecule has 0 radical (unpaired) electrons. The Morgan fingerprint density at radius 3 is 1.92 bits per heavy atom. The highest BCUT2D eigenvalue weighted by molar-refractivity contribution is 5.60. The normalized spacial score (nSPS) is 40.0. The number of carbonyl (C=O) groups is 1. The number of hydrogen-bond donors (Lipinski definition) is 0. The van der Waals surface area contributed by atoms with Gasteiger partial charge >= 0.3 is 6.16 Å². The van der Waals surface area contributed by atoms with Crippen LogP contribution in [0.15, 0.2) is 0 Å². The fourth-order valence-electron chi connectivity index (χ4n) is 3.59. The zero-order valence-corrected chi connectivity index (χ0v) is 17.2. The van der Waals surface area contributed by atoms with Crippen LogP contribution in [0.2, 0.25) is 0 Å². The van der Waals surface area contributed by atoms with Crippen molar-refractivity contribution in [2.24, 2.45) is 0 Å². The van der Waals surface area contributed by atoms with Crippen LogP contribution >= 0.6 is 0 Å². The lowest BCUT2D eigenvalue weighted by atomic mass is 9.92. The zero-order valence-electron chi connectivity index (χ0n) is 17.2. The molecular weight excluding hydrogens is 336 g/mol. The number of rotatable bonds is 8. The molecule has 0 aromatic heterocycles. The summed E-state index contributed by atoms with van der Waals surface area (Å²) in [7, 11) is 0. The molecule has 3 aliphatic heterocycles. The molecule has 150 valence electrons. The van der Waals surface area contributed by atoms with Crippen molar-refractivity contribution in [1.29, 1.82) is 0 Å². The Kier molecular flexibility index (Phi) is 4.86. The molecule has 0 bridgehead atoms. The Morgan fingerprint density at radius 1 is 0.885 bits per heavy atom. The van der Waals surface area contributed by atoms with E-state index >= 15 is 0 Å². The highest BCUT2D eigenvalue weighted by atomic mass is 16.7. The maximum Gasteiger partial charge on any atom is 0.508 e. The summed E-state index contributed by atoms with van der Waals surface area (Å²) in [6, 6.07) is 0. The first-order chi connectivity index (χ1) is 11.8. The highest BCUT2D eigenvalue weighted by Gasteiger charge is 2.58. The van der Waals surface area contributed by atoms with Gasteiger partial charge in [0.15, 0.2) is 0 Å². The second kappa shape index (κ2) is 6.35. The first-order valence-electron chi connectivity index (χ1n) is 9.72. The monoisotopic (exact) mass is 370 g/mol. The molecule has 0 aromatic rings. The van der Waals surface area contributed by atoms with Gasteiger partial charge in [0.2, 0.25) is 0 Å². The quantitative estimate of drug-likeness (QED) is 0.475. The van der Waals surface area contributed by atoms with Gasteiger partial charge in [-0.05, 0) is 74.1 Å². The van der Waals surface area contributed by atoms with E-state index in [1.54, 1.807) is 0 Å². The predicted octanol–water partition coefficient (Wildman–Crippen LogP) is 3.99. The molecule has 0 aromatic carbocycles. The third-order valence-electron chi connectivity index (χ3n) is 5.78. The van der Waals surface area contributed by atoms with Gasteiger partial charge in [0.1, 0.15) is 18.3 Å². The largest absolute Gasteiger partial charge is 0.508 e. The molecule has 3 saturated heterocycles. The minimum absolute atomic E-state index is 0.0181. The Labute approximate surface area is 156 Å². The summed E-state index contributed by atoms with van der Waals surface area (Å²) in [5.41, 5.74) is -0.733. The molecule has 0 spiro atoms. The second-order valence-electron chi connectivity index (χ2n) is 9.90. The van der Waals surface area contributed by atoms with E-state index in [0.29, 0.717) is 6.10 Å². The Morgan fingerprint density at radius 2 is 1.38 bits per heavy atom. The molecule has 0 saturated carbocycles. The molecule has 3 heterocycles. The molecule has 26 heavy (non-hydrogen) atoms. The summed E-state index contributed by atoms with van der Waals surface area (Å²) in [5, 5.41) is 0. The number of hydrogen-bond acceptors (Lipinski definition) is 6. The van der Waals surface area contributed by atoms with Gasteiger partial charge < -0.3 is 23.7 Å². The molecule has 6 heteroatoms. The van der Waals surface area contributed by atoms with Gasteiger partial charge in [-0.2, -0.15) is 0 Å². The van der Waals surface area contributed by atoms with Gasteiger partial charge in [0, 0.05) is 0 Å². The average molecular weight is 370 g/mol. The minimum Gasteiger partial charge on any atom is -0.431 e. The zero-order chi connectivity index (χ0) is 19.4. The smallest absolute Gasteiger partial charge is 0.431 e. The number of epoxide rings is 3. The topological polar surface area (TPSA) is 73.1 Å². The number of ether oxygens (including phenoxy) is 5. The van der Waals surface area contributed by atoms with Crippen molar-refractivity contribution in [1.82, 2.24) is 0 Å². The first kappa shape index (κ1) is 19.9. The van der Waals surface area contributed by atoms with Crippen molar-refractivity contribution in [2.45, 2.75) is 115 Å². The summed E-state index contributed by atoms with van der Waals surface area (Å²) < 4.78 is 27.7. The fourth-order valence-corrected chi connectivity index (χ4v) is 3.59. The first-order valence-corrected chi connectivity index (χ1v) is 9.72. The SMILES string of the molecule is CC(C)(C)OC(=O)OC[C@H]1O[C@]1(C)CC[C@H]1O[C@]1(C)CC[C@H]1OC1(C)C. The van der Waals surface area contributed by atoms with Gasteiger partial charge in [0.25, 0.3) is 0 Å². The summed E-state index contributed by atoms with van der Waals surface area (Å²) >= 11 is 0. The van der Waals surface area contributed by atoms with Crippen LogP contribution < -0.4 is 0 Å². The van der Waals surface area contributed by atoms with Gasteiger partial charge in [-0.25, -0.2) is 4.79 Å². The third-order valence-corrected chi connectivity index (χ3v) is 5.78. The maximum atomic E-state index is 11.6. The average Bonchev–Trinajstić information content (AvgIpc) is 3.40. The Balaban J connectivity index is 1.30. The second-order valence-corrected chi connectivity index (χ2v) is 9.90. The standard InChI is InChI=1S/C20H34O6/c1-17(2,3)26-16(21)22-12-15-20(7,25-15)11-9-14-19(6,24-14)10-8-13-18(4,5)23-13/h13-15H,8-12H2,1-7H3/t13-,14-,15-,19-,20-/m1/s1. The molecule has 5 atom stereocenters. The van der Waals surface area contributed by atoms with Crippen molar-refractivity contribution >= 4 is 6.16 Å². The Bertz CT molecular complexity index is 553. The van der Waals surface area contributed by atoms with Crippen LogP contribution in [0.5, 0.6) is 0 Å². The van der Waals surface area contributed by atoms with Gasteiger partial charge in [-0.15, -0.1) is 0 Å². The van der Waals surface area contributed by atoms with Crippen molar-refractivity contribution in [3.8, 4) is 0 Å². The lowest BCUT2D eigenvalue weighted by Gasteiger charge is -2.18. The molecule has 3 rings (SSSR count). The van der Waals surface area contributed by atoms with Crippen LogP contribution in [0.3, 0.4) is 0 Å². The van der Waals surface area contributed by atoms with Gasteiger partial charge in [0.05, 0.1) is 29.0 Å². The summed E-state index contributed by atoms with van der Waals surface area (Å²) in [6.45, 7) is 14.2. The van der Waals surface area contributed by atoms with Crippen LogP contribution in [-0.4, -0.2) is 53.5 Å². The summed E-state index contributed by atoms with van der Waals surface area (Å²) in [4.78, 5) is 11.6. The van der Waals surface area contributed by atoms with Crippen LogP contribution in [0, 0.1) is 0 Å². The van der Waals surface area contributed by atoms with E-state index in [4.69, 9.17) is 23.7 Å². The lowest BCUT2D eigenvalue weighted by Crippen LogP contribution is -2.26. The highest BCUT2D eigenvalue weighted by Crippen LogP contribution is 2.49. The van der Waals surface area contributed by atoms with Crippen LogP contribution in [-0.2, 0) is 23.7 Å². The predicted molar refractivity (Wildman–Crippen MR) is 96.2 cm³/mol. The molecule has 0 N–H and O–H groups in total. The summed E-state index contributed by atoms with van der Waals surface area (Å²) in [6.07, 6.45) is 3.93. The number of carbonyl (C=O) groups excluding carboxylic acids is 1. The minimum atomic E-state index is -0.640. The fraction of sp³-hybridized carbons (Fsp3) is 0.950. The van der Waals surface area contributed by atoms with Crippen LogP contribution in [0.4, 0.5) is 4.79 Å². The summed E-state index contributed by atoms with van der Waals surface area (Å²) in [5.74, 6) is 0. The Hall–Kier alpha value is -0.850. The van der Waals surface area contributed by atoms with Crippen molar-refractivity contribution in [3.63, 3.8) is 0 Å². The lowest BCUT2D eigenvalue weighted by molar-refractivity contribution is -0.00949. The molecular formula is C20H34O6. The molecule has 3 aliphatic rings. The van der Waals surface area contributed by atoms with E-state index in [9.17, 15) is 4.79 Å². The van der Waals surface area contributed by atoms with Crippen LogP contribution in [0.25, 0.3) is 0 Å². The van der Waals surface area contributed by atoms with E-state index in [0.717, 1.165) is 25.7 Å². The molecule has 0 amide bonds. The van der Waals surface area contributed by atoms with Crippen molar-refractivity contribution in [2.75, 3.05) is 6.61 Å². The van der Waals surface area contributed by atoms with E-state index in [-0.39, 0.29) is 35.6 Å². The maximum absolute atomic E-state index is 11.6. The van der Waals surface area contributed by atoms with Crippen molar-refractivity contribution in [3.05, 3.63) is 0 Å². The van der Waals surface area contributed by atoms with Crippen LogP contribution in [0.1, 0.15) is 74.1 Å². The van der Waals surface area contributed by atoms with E-state index in [2.05, 4.69) is 27.7 Å². The third kappa shape index (κ3) is 4.90. The van der Waals surface area contributed by atoms with E-state index < -0.39 is 11.8 Å². The van der Waals surface area contributed by atoms with Gasteiger partial charge in [-0.1, -0.05) is 0 Å². The van der Waals surface area contributed by atoms with E-state index in [1.807, 2.05) is 20.8 Å².